The number of nitrogens with zero attached hydrogens (tertiary/aromatic N) is 1. The van der Waals surface area contributed by atoms with Gasteiger partial charge in [-0.25, -0.2) is 4.79 Å². The molecule has 110 valence electrons. The summed E-state index contributed by atoms with van der Waals surface area (Å²) in [5, 5.41) is 21.0. The lowest BCUT2D eigenvalue weighted by Crippen LogP contribution is -2.13. The van der Waals surface area contributed by atoms with Crippen LogP contribution in [0.15, 0.2) is 24.3 Å². The molecule has 2 rings (SSSR count). The Kier molecular flexibility index (Phi) is 3.71. The number of carboxylic acids is 1. The molecular weight excluding hydrogens is 272 g/mol. The zero-order valence-corrected chi connectivity index (χ0v) is 12.0. The highest BCUT2D eigenvalue weighted by Crippen LogP contribution is 2.22. The number of phenols is 1. The highest BCUT2D eigenvalue weighted by Gasteiger charge is 2.16. The van der Waals surface area contributed by atoms with Crippen LogP contribution in [0, 0.1) is 13.8 Å². The fourth-order valence-electron chi connectivity index (χ4n) is 2.07. The Balaban J connectivity index is 2.29. The third-order valence-corrected chi connectivity index (χ3v) is 3.50. The van der Waals surface area contributed by atoms with E-state index in [0.29, 0.717) is 11.3 Å². The molecule has 0 spiro atoms. The van der Waals surface area contributed by atoms with Crippen LogP contribution in [0.4, 0.5) is 5.69 Å². The zero-order chi connectivity index (χ0) is 15.7. The monoisotopic (exact) mass is 288 g/mol. The summed E-state index contributed by atoms with van der Waals surface area (Å²) in [7, 11) is 1.87. The summed E-state index contributed by atoms with van der Waals surface area (Å²) in [5.41, 5.74) is 2.36. The topological polar surface area (TPSA) is 91.6 Å². The molecule has 1 amide bonds. The van der Waals surface area contributed by atoms with E-state index in [9.17, 15) is 14.7 Å². The maximum absolute atomic E-state index is 12.2. The molecule has 0 radical (unpaired) electrons. The minimum absolute atomic E-state index is 0.256. The van der Waals surface area contributed by atoms with E-state index in [4.69, 9.17) is 5.11 Å². The number of anilines is 1. The highest BCUT2D eigenvalue weighted by atomic mass is 16.4. The Hall–Kier alpha value is -2.76. The van der Waals surface area contributed by atoms with E-state index in [1.54, 1.807) is 6.07 Å². The molecule has 0 aliphatic heterocycles. The van der Waals surface area contributed by atoms with Gasteiger partial charge in [0.15, 0.2) is 0 Å². The van der Waals surface area contributed by atoms with Crippen molar-refractivity contribution >= 4 is 17.6 Å². The summed E-state index contributed by atoms with van der Waals surface area (Å²) in [4.78, 5) is 23.2. The van der Waals surface area contributed by atoms with E-state index in [-0.39, 0.29) is 17.2 Å². The van der Waals surface area contributed by atoms with Crippen LogP contribution in [0.3, 0.4) is 0 Å². The molecule has 3 N–H and O–H groups in total. The van der Waals surface area contributed by atoms with Crippen molar-refractivity contribution in [1.82, 2.24) is 4.57 Å². The first-order valence-corrected chi connectivity index (χ1v) is 6.32. The molecule has 0 saturated heterocycles. The van der Waals surface area contributed by atoms with E-state index < -0.39 is 5.97 Å². The van der Waals surface area contributed by atoms with Crippen LogP contribution < -0.4 is 5.32 Å². The average Bonchev–Trinajstić information content (AvgIpc) is 2.68. The first-order chi connectivity index (χ1) is 9.81. The van der Waals surface area contributed by atoms with Crippen molar-refractivity contribution in [3.8, 4) is 5.75 Å². The van der Waals surface area contributed by atoms with Crippen molar-refractivity contribution in [3.63, 3.8) is 0 Å². The quantitative estimate of drug-likeness (QED) is 0.756. The standard InChI is InChI=1S/C15H16N2O4/c1-8-6-11(9(2)17(8)3)14(19)16-10-4-5-13(18)12(7-10)15(20)21/h4-7,18H,1-3H3,(H,16,19)(H,20,21). The fourth-order valence-corrected chi connectivity index (χ4v) is 2.07. The van der Waals surface area contributed by atoms with Gasteiger partial charge < -0.3 is 20.1 Å². The molecule has 0 unspecified atom stereocenters. The number of nitrogens with one attached hydrogen (secondary N) is 1. The lowest BCUT2D eigenvalue weighted by molar-refractivity contribution is 0.0693. The van der Waals surface area contributed by atoms with Crippen molar-refractivity contribution in [3.05, 3.63) is 46.8 Å². The molecule has 6 nitrogen and oxygen atoms in total. The number of aromatic carboxylic acids is 1. The number of carbonyl (C=O) groups is 2. The van der Waals surface area contributed by atoms with Gasteiger partial charge in [-0.15, -0.1) is 0 Å². The second kappa shape index (κ2) is 5.32. The fraction of sp³-hybridized carbons (Fsp3) is 0.200. The number of aromatic nitrogens is 1. The lowest BCUT2D eigenvalue weighted by atomic mass is 10.1. The summed E-state index contributed by atoms with van der Waals surface area (Å²) < 4.78 is 1.90. The average molecular weight is 288 g/mol. The van der Waals surface area contributed by atoms with Gasteiger partial charge >= 0.3 is 5.97 Å². The molecule has 1 aromatic carbocycles. The van der Waals surface area contributed by atoms with Crippen molar-refractivity contribution in [2.75, 3.05) is 5.32 Å². The molecule has 1 aromatic heterocycles. The van der Waals surface area contributed by atoms with Gasteiger partial charge in [-0.2, -0.15) is 0 Å². The summed E-state index contributed by atoms with van der Waals surface area (Å²) in [6.07, 6.45) is 0. The van der Waals surface area contributed by atoms with E-state index in [2.05, 4.69) is 5.32 Å². The molecule has 0 saturated carbocycles. The lowest BCUT2D eigenvalue weighted by Gasteiger charge is -2.07. The van der Waals surface area contributed by atoms with Gasteiger partial charge in [-0.3, -0.25) is 4.79 Å². The summed E-state index contributed by atoms with van der Waals surface area (Å²) in [6, 6.07) is 5.68. The molecule has 1 heterocycles. The Morgan fingerprint density at radius 3 is 2.33 bits per heavy atom. The maximum atomic E-state index is 12.2. The number of benzene rings is 1. The number of amides is 1. The van der Waals surface area contributed by atoms with Crippen LogP contribution >= 0.6 is 0 Å². The Bertz CT molecular complexity index is 732. The van der Waals surface area contributed by atoms with E-state index in [1.807, 2.05) is 25.5 Å². The number of hydrogen-bond acceptors (Lipinski definition) is 3. The number of aromatic hydroxyl groups is 1. The number of rotatable bonds is 3. The number of carboxylic acid groups (broad SMARTS) is 1. The summed E-state index contributed by atoms with van der Waals surface area (Å²) >= 11 is 0. The highest BCUT2D eigenvalue weighted by molar-refractivity contribution is 6.06. The van der Waals surface area contributed by atoms with E-state index in [0.717, 1.165) is 11.4 Å². The number of hydrogen-bond donors (Lipinski definition) is 3. The zero-order valence-electron chi connectivity index (χ0n) is 12.0. The van der Waals surface area contributed by atoms with Crippen molar-refractivity contribution in [2.24, 2.45) is 7.05 Å². The molecule has 0 aliphatic rings. The SMILES string of the molecule is Cc1cc(C(=O)Nc2ccc(O)c(C(=O)O)c2)c(C)n1C. The third-order valence-electron chi connectivity index (χ3n) is 3.50. The van der Waals surface area contributed by atoms with Crippen molar-refractivity contribution in [2.45, 2.75) is 13.8 Å². The molecule has 0 atom stereocenters. The third kappa shape index (κ3) is 2.74. The van der Waals surface area contributed by atoms with Gasteiger partial charge in [0.25, 0.3) is 5.91 Å². The second-order valence-corrected chi connectivity index (χ2v) is 4.84. The van der Waals surface area contributed by atoms with Crippen LogP contribution in [0.25, 0.3) is 0 Å². The van der Waals surface area contributed by atoms with Crippen molar-refractivity contribution in [1.29, 1.82) is 0 Å². The first-order valence-electron chi connectivity index (χ1n) is 6.32. The number of aryl methyl sites for hydroxylation is 1. The first kappa shape index (κ1) is 14.6. The smallest absolute Gasteiger partial charge is 0.339 e. The van der Waals surface area contributed by atoms with Gasteiger partial charge in [0.1, 0.15) is 11.3 Å². The minimum Gasteiger partial charge on any atom is -0.507 e. The molecule has 6 heteroatoms. The Morgan fingerprint density at radius 2 is 1.81 bits per heavy atom. The van der Waals surface area contributed by atoms with Crippen LogP contribution in [-0.2, 0) is 7.05 Å². The molecular formula is C15H16N2O4. The maximum Gasteiger partial charge on any atom is 0.339 e. The summed E-state index contributed by atoms with van der Waals surface area (Å²) in [6.45, 7) is 3.73. The predicted molar refractivity (Wildman–Crippen MR) is 77.9 cm³/mol. The Morgan fingerprint density at radius 1 is 1.14 bits per heavy atom. The summed E-state index contributed by atoms with van der Waals surface area (Å²) in [5.74, 6) is -1.92. The number of carbonyl (C=O) groups excluding carboxylic acids is 1. The van der Waals surface area contributed by atoms with Gasteiger partial charge in [0, 0.05) is 24.1 Å². The molecule has 0 aliphatic carbocycles. The van der Waals surface area contributed by atoms with Gasteiger partial charge in [-0.1, -0.05) is 0 Å². The van der Waals surface area contributed by atoms with E-state index >= 15 is 0 Å². The normalized spacial score (nSPS) is 10.4. The van der Waals surface area contributed by atoms with Gasteiger partial charge in [0.2, 0.25) is 0 Å². The van der Waals surface area contributed by atoms with Crippen LogP contribution in [0.2, 0.25) is 0 Å². The van der Waals surface area contributed by atoms with E-state index in [1.165, 1.54) is 18.2 Å². The van der Waals surface area contributed by atoms with Crippen LogP contribution in [-0.4, -0.2) is 26.7 Å². The van der Waals surface area contributed by atoms with Crippen molar-refractivity contribution < 1.29 is 19.8 Å². The van der Waals surface area contributed by atoms with Gasteiger partial charge in [0.05, 0.1) is 5.56 Å². The second-order valence-electron chi connectivity index (χ2n) is 4.84. The van der Waals surface area contributed by atoms with Crippen LogP contribution in [0.1, 0.15) is 32.1 Å². The minimum atomic E-state index is -1.25. The largest absolute Gasteiger partial charge is 0.507 e. The predicted octanol–water partition coefficient (Wildman–Crippen LogP) is 2.30. The Labute approximate surface area is 121 Å². The molecule has 2 aromatic rings. The van der Waals surface area contributed by atoms with Crippen LogP contribution in [0.5, 0.6) is 5.75 Å². The molecule has 21 heavy (non-hydrogen) atoms. The molecule has 0 bridgehead atoms. The molecule has 0 fully saturated rings. The van der Waals surface area contributed by atoms with Gasteiger partial charge in [-0.05, 0) is 38.1 Å².